The average molecular weight is 582 g/mol. The molecule has 6 rings (SSSR count). The summed E-state index contributed by atoms with van der Waals surface area (Å²) in [6.45, 7) is 22.3. The Morgan fingerprint density at radius 2 is 1.64 bits per heavy atom. The molecule has 10 atom stereocenters. The first-order valence-corrected chi connectivity index (χ1v) is 17.5. The van der Waals surface area contributed by atoms with Gasteiger partial charge in [-0.2, -0.15) is 0 Å². The normalized spacial score (nSPS) is 48.1. The number of morpholine rings is 1. The molecule has 0 bridgehead atoms. The molecule has 5 fully saturated rings. The van der Waals surface area contributed by atoms with E-state index in [1.165, 1.54) is 12.8 Å². The van der Waals surface area contributed by atoms with Crippen molar-refractivity contribution in [3.8, 4) is 0 Å². The van der Waals surface area contributed by atoms with Crippen molar-refractivity contribution in [3.63, 3.8) is 0 Å². The summed E-state index contributed by atoms with van der Waals surface area (Å²) in [6, 6.07) is 0. The number of rotatable bonds is 3. The van der Waals surface area contributed by atoms with Gasteiger partial charge in [0.05, 0.1) is 18.6 Å². The number of hydrogen-bond donors (Lipinski definition) is 0. The highest BCUT2D eigenvalue weighted by Gasteiger charge is 2.70. The molecule has 0 aromatic heterocycles. The summed E-state index contributed by atoms with van der Waals surface area (Å²) in [4.78, 5) is 29.1. The molecule has 1 saturated heterocycles. The maximum Gasteiger partial charge on any atom is 0.305 e. The molecular formula is C37H59NO4. The highest BCUT2D eigenvalue weighted by molar-refractivity contribution is 5.84. The quantitative estimate of drug-likeness (QED) is 0.252. The second-order valence-corrected chi connectivity index (χ2v) is 16.9. The second kappa shape index (κ2) is 10.3. The molecular weight excluding hydrogens is 522 g/mol. The zero-order valence-corrected chi connectivity index (χ0v) is 28.0. The molecule has 0 aromatic rings. The van der Waals surface area contributed by atoms with Crippen LogP contribution in [0.2, 0.25) is 0 Å². The molecule has 1 aliphatic heterocycles. The Labute approximate surface area is 255 Å². The van der Waals surface area contributed by atoms with Crippen molar-refractivity contribution in [2.75, 3.05) is 26.3 Å². The number of allylic oxidation sites excluding steroid dienone is 2. The van der Waals surface area contributed by atoms with Gasteiger partial charge in [0.15, 0.2) is 0 Å². The smallest absolute Gasteiger partial charge is 0.305 e. The van der Waals surface area contributed by atoms with E-state index in [2.05, 4.69) is 59.4 Å². The van der Waals surface area contributed by atoms with Gasteiger partial charge in [-0.1, -0.05) is 67.0 Å². The van der Waals surface area contributed by atoms with Gasteiger partial charge in [-0.15, -0.1) is 0 Å². The van der Waals surface area contributed by atoms with Crippen LogP contribution in [0, 0.1) is 56.7 Å². The molecule has 5 nitrogen and oxygen atoms in total. The van der Waals surface area contributed by atoms with E-state index in [9.17, 15) is 9.59 Å². The summed E-state index contributed by atoms with van der Waals surface area (Å²) in [7, 11) is 0. The zero-order chi connectivity index (χ0) is 30.3. The van der Waals surface area contributed by atoms with E-state index >= 15 is 0 Å². The molecule has 236 valence electrons. The summed E-state index contributed by atoms with van der Waals surface area (Å²) in [5.41, 5.74) is 1.93. The lowest BCUT2D eigenvalue weighted by atomic mass is 9.33. The van der Waals surface area contributed by atoms with Crippen LogP contribution in [0.25, 0.3) is 0 Å². The monoisotopic (exact) mass is 581 g/mol. The third kappa shape index (κ3) is 4.09. The molecule has 4 saturated carbocycles. The first-order valence-electron chi connectivity index (χ1n) is 17.5. The van der Waals surface area contributed by atoms with Gasteiger partial charge in [-0.05, 0) is 104 Å². The second-order valence-electron chi connectivity index (χ2n) is 16.9. The molecule has 0 spiro atoms. The summed E-state index contributed by atoms with van der Waals surface area (Å²) < 4.78 is 11.7. The fourth-order valence-corrected chi connectivity index (χ4v) is 12.4. The summed E-state index contributed by atoms with van der Waals surface area (Å²) >= 11 is 0. The van der Waals surface area contributed by atoms with Gasteiger partial charge in [0, 0.05) is 24.9 Å². The van der Waals surface area contributed by atoms with E-state index in [1.54, 1.807) is 5.57 Å². The van der Waals surface area contributed by atoms with Crippen molar-refractivity contribution in [1.82, 2.24) is 4.90 Å². The molecule has 1 amide bonds. The molecule has 1 unspecified atom stereocenters. The number of amides is 1. The Bertz CT molecular complexity index is 1120. The van der Waals surface area contributed by atoms with Crippen LogP contribution in [0.1, 0.15) is 120 Å². The maximum atomic E-state index is 14.5. The Morgan fingerprint density at radius 1 is 0.929 bits per heavy atom. The highest BCUT2D eigenvalue weighted by Crippen LogP contribution is 2.76. The van der Waals surface area contributed by atoms with E-state index in [4.69, 9.17) is 9.47 Å². The predicted molar refractivity (Wildman–Crippen MR) is 167 cm³/mol. The number of nitrogens with zero attached hydrogens (tertiary/aromatic N) is 1. The van der Waals surface area contributed by atoms with Gasteiger partial charge in [0.2, 0.25) is 5.91 Å². The molecule has 6 aliphatic rings. The van der Waals surface area contributed by atoms with Crippen LogP contribution in [0.15, 0.2) is 11.6 Å². The van der Waals surface area contributed by atoms with Gasteiger partial charge in [0.25, 0.3) is 0 Å². The van der Waals surface area contributed by atoms with Crippen LogP contribution in [-0.4, -0.2) is 49.2 Å². The molecule has 0 N–H and O–H groups in total. The Kier molecular flexibility index (Phi) is 7.55. The number of carbonyl (C=O) groups is 2. The Hall–Kier alpha value is -1.36. The minimum Gasteiger partial charge on any atom is -0.462 e. The van der Waals surface area contributed by atoms with Crippen molar-refractivity contribution >= 4 is 11.9 Å². The Balaban J connectivity index is 1.37. The van der Waals surface area contributed by atoms with Crippen LogP contribution in [-0.2, 0) is 19.1 Å². The molecule has 42 heavy (non-hydrogen) atoms. The standard InChI is InChI=1S/C37H59NO4/c1-9-30(39)42-29-14-15-34(6)27(33(29,4)5)13-16-36(8)28(34)11-10-26-31-25(3)24(2)12-17-37(31,19-18-35(26,36)7)32(40)38-20-22-41-23-21-38/h10,24-25,27-29,31H,9,11-23H2,1-8H3/t24-,25+,27+,28-,29+,31?,34+,35-,36-,37+/m1/s1. The molecule has 5 aliphatic carbocycles. The zero-order valence-electron chi connectivity index (χ0n) is 28.0. The van der Waals surface area contributed by atoms with Gasteiger partial charge in [-0.3, -0.25) is 9.59 Å². The van der Waals surface area contributed by atoms with Crippen LogP contribution >= 0.6 is 0 Å². The van der Waals surface area contributed by atoms with E-state index < -0.39 is 0 Å². The van der Waals surface area contributed by atoms with E-state index in [0.29, 0.717) is 55.1 Å². The lowest BCUT2D eigenvalue weighted by Crippen LogP contribution is -2.66. The van der Waals surface area contributed by atoms with Crippen molar-refractivity contribution in [1.29, 1.82) is 0 Å². The first-order chi connectivity index (χ1) is 19.8. The van der Waals surface area contributed by atoms with Gasteiger partial charge < -0.3 is 14.4 Å². The fourth-order valence-electron chi connectivity index (χ4n) is 12.4. The van der Waals surface area contributed by atoms with E-state index in [-0.39, 0.29) is 39.1 Å². The summed E-state index contributed by atoms with van der Waals surface area (Å²) in [6.07, 6.45) is 13.2. The molecule has 0 aromatic carbocycles. The SMILES string of the molecule is CCC(=O)O[C@H]1CC[C@]2(C)[C@H]3CC=C4C5[C@@H](C)[C@H](C)CC[C@]5(C(=O)N5CCOCC5)CC[C@@]4(C)[C@]3(C)CC[C@H]2C1(C)C. The Morgan fingerprint density at radius 3 is 2.33 bits per heavy atom. The third-order valence-electron chi connectivity index (χ3n) is 15.2. The summed E-state index contributed by atoms with van der Waals surface area (Å²) in [5.74, 6) is 3.04. The number of esters is 1. The molecule has 0 radical (unpaired) electrons. The van der Waals surface area contributed by atoms with Gasteiger partial charge in [-0.25, -0.2) is 0 Å². The maximum absolute atomic E-state index is 14.5. The van der Waals surface area contributed by atoms with Gasteiger partial charge >= 0.3 is 5.97 Å². The number of ether oxygens (including phenoxy) is 2. The fraction of sp³-hybridized carbons (Fsp3) is 0.892. The summed E-state index contributed by atoms with van der Waals surface area (Å²) in [5, 5.41) is 0. The van der Waals surface area contributed by atoms with Crippen molar-refractivity contribution in [2.24, 2.45) is 56.7 Å². The van der Waals surface area contributed by atoms with Crippen LogP contribution < -0.4 is 0 Å². The van der Waals surface area contributed by atoms with Crippen molar-refractivity contribution < 1.29 is 19.1 Å². The number of hydrogen-bond acceptors (Lipinski definition) is 4. The average Bonchev–Trinajstić information content (AvgIpc) is 2.96. The third-order valence-corrected chi connectivity index (χ3v) is 15.2. The minimum atomic E-state index is -0.248. The lowest BCUT2D eigenvalue weighted by molar-refractivity contribution is -0.214. The van der Waals surface area contributed by atoms with Crippen LogP contribution in [0.3, 0.4) is 0 Å². The largest absolute Gasteiger partial charge is 0.462 e. The lowest BCUT2D eigenvalue weighted by Gasteiger charge is -2.71. The topological polar surface area (TPSA) is 55.8 Å². The van der Waals surface area contributed by atoms with Crippen molar-refractivity contribution in [3.05, 3.63) is 11.6 Å². The first kappa shape index (κ1) is 30.7. The molecule has 1 heterocycles. The highest BCUT2D eigenvalue weighted by atomic mass is 16.5. The van der Waals surface area contributed by atoms with Crippen LogP contribution in [0.4, 0.5) is 0 Å². The van der Waals surface area contributed by atoms with E-state index in [0.717, 1.165) is 58.0 Å². The van der Waals surface area contributed by atoms with Crippen molar-refractivity contribution in [2.45, 2.75) is 126 Å². The van der Waals surface area contributed by atoms with Gasteiger partial charge in [0.1, 0.15) is 6.10 Å². The van der Waals surface area contributed by atoms with Crippen LogP contribution in [0.5, 0.6) is 0 Å². The molecule has 5 heteroatoms. The van der Waals surface area contributed by atoms with E-state index in [1.807, 2.05) is 6.92 Å². The predicted octanol–water partition coefficient (Wildman–Crippen LogP) is 7.82. The number of fused-ring (bicyclic) bond motifs is 7. The minimum absolute atomic E-state index is 0.0173. The number of carbonyl (C=O) groups excluding carboxylic acids is 2.